The third-order valence-electron chi connectivity index (χ3n) is 6.53. The molecule has 0 bridgehead atoms. The van der Waals surface area contributed by atoms with Crippen molar-refractivity contribution in [2.45, 2.75) is 51.6 Å². The van der Waals surface area contributed by atoms with Gasteiger partial charge in [-0.15, -0.1) is 0 Å². The van der Waals surface area contributed by atoms with E-state index >= 15 is 0 Å². The molecule has 2 aromatic carbocycles. The monoisotopic (exact) mass is 461 g/mol. The summed E-state index contributed by atoms with van der Waals surface area (Å²) in [6, 6.07) is 15.6. The van der Waals surface area contributed by atoms with Crippen molar-refractivity contribution in [2.75, 3.05) is 14.2 Å². The van der Waals surface area contributed by atoms with Gasteiger partial charge in [-0.05, 0) is 56.4 Å². The number of carbonyl (C=O) groups excluding carboxylic acids is 2. The number of ether oxygens (including phenoxy) is 3. The first-order valence-corrected chi connectivity index (χ1v) is 11.6. The summed E-state index contributed by atoms with van der Waals surface area (Å²) in [6.07, 6.45) is 0.761. The van der Waals surface area contributed by atoms with Gasteiger partial charge in [0.1, 0.15) is 5.92 Å². The van der Waals surface area contributed by atoms with E-state index in [2.05, 4.69) is 12.1 Å². The molecule has 0 fully saturated rings. The summed E-state index contributed by atoms with van der Waals surface area (Å²) in [4.78, 5) is 31.7. The van der Waals surface area contributed by atoms with Crippen molar-refractivity contribution < 1.29 is 23.8 Å². The van der Waals surface area contributed by atoms with Crippen molar-refractivity contribution in [3.8, 4) is 11.5 Å². The van der Waals surface area contributed by atoms with Crippen LogP contribution in [0.3, 0.4) is 0 Å². The minimum absolute atomic E-state index is 0.0217. The third-order valence-corrected chi connectivity index (χ3v) is 6.53. The topological polar surface area (TPSA) is 74.2 Å². The van der Waals surface area contributed by atoms with Crippen LogP contribution < -0.4 is 9.47 Å². The van der Waals surface area contributed by atoms with E-state index in [1.54, 1.807) is 20.3 Å². The second kappa shape index (κ2) is 9.84. The second-order valence-electron chi connectivity index (χ2n) is 9.11. The van der Waals surface area contributed by atoms with Crippen LogP contribution in [0.1, 0.15) is 56.6 Å². The molecule has 0 saturated carbocycles. The number of ketones is 1. The molecule has 0 spiro atoms. The van der Waals surface area contributed by atoms with Gasteiger partial charge in [0.05, 0.1) is 20.3 Å². The Morgan fingerprint density at radius 1 is 0.971 bits per heavy atom. The van der Waals surface area contributed by atoms with E-state index in [1.807, 2.05) is 51.1 Å². The van der Waals surface area contributed by atoms with E-state index in [0.29, 0.717) is 35.6 Å². The van der Waals surface area contributed by atoms with Crippen LogP contribution in [0.15, 0.2) is 64.8 Å². The Kier molecular flexibility index (Phi) is 6.87. The van der Waals surface area contributed by atoms with E-state index < -0.39 is 11.8 Å². The molecule has 1 aliphatic heterocycles. The molecule has 6 nitrogen and oxygen atoms in total. The number of benzene rings is 2. The summed E-state index contributed by atoms with van der Waals surface area (Å²) < 4.78 is 16.5. The summed E-state index contributed by atoms with van der Waals surface area (Å²) in [5.74, 6) is -0.340. The van der Waals surface area contributed by atoms with Crippen molar-refractivity contribution >= 4 is 17.5 Å². The van der Waals surface area contributed by atoms with E-state index in [4.69, 9.17) is 19.2 Å². The van der Waals surface area contributed by atoms with Crippen molar-refractivity contribution in [1.29, 1.82) is 0 Å². The number of methoxy groups -OCH3 is 2. The molecule has 1 aliphatic carbocycles. The van der Waals surface area contributed by atoms with Gasteiger partial charge in [-0.25, -0.2) is 0 Å². The van der Waals surface area contributed by atoms with Crippen LogP contribution in [0.4, 0.5) is 0 Å². The molecule has 1 heterocycles. The van der Waals surface area contributed by atoms with Crippen LogP contribution in [0.25, 0.3) is 0 Å². The molecule has 34 heavy (non-hydrogen) atoms. The Balaban J connectivity index is 1.83. The second-order valence-corrected chi connectivity index (χ2v) is 9.11. The van der Waals surface area contributed by atoms with Crippen LogP contribution in [0.5, 0.6) is 11.5 Å². The number of aliphatic imine (C=N–C) groups is 1. The highest BCUT2D eigenvalue weighted by Crippen LogP contribution is 2.48. The number of nitrogens with zero attached hydrogens (tertiary/aromatic N) is 1. The van der Waals surface area contributed by atoms with E-state index in [-0.39, 0.29) is 23.8 Å². The molecule has 6 heteroatoms. The molecule has 0 N–H and O–H groups in total. The van der Waals surface area contributed by atoms with Crippen LogP contribution in [0.2, 0.25) is 0 Å². The summed E-state index contributed by atoms with van der Waals surface area (Å²) in [5, 5.41) is 0. The highest BCUT2D eigenvalue weighted by Gasteiger charge is 2.45. The molecular formula is C28H31NO5. The zero-order valence-corrected chi connectivity index (χ0v) is 20.3. The Labute approximate surface area is 200 Å². The van der Waals surface area contributed by atoms with Gasteiger partial charge in [-0.3, -0.25) is 14.6 Å². The van der Waals surface area contributed by atoms with E-state index in [0.717, 1.165) is 16.8 Å². The molecule has 0 amide bonds. The Hall–Kier alpha value is -3.41. The predicted molar refractivity (Wildman–Crippen MR) is 131 cm³/mol. The summed E-state index contributed by atoms with van der Waals surface area (Å²) >= 11 is 0. The number of rotatable bonds is 6. The minimum atomic E-state index is -0.684. The number of allylic oxidation sites excluding steroid dienone is 2. The first kappa shape index (κ1) is 23.7. The quantitative estimate of drug-likeness (QED) is 0.551. The summed E-state index contributed by atoms with van der Waals surface area (Å²) in [5.41, 5.74) is 3.95. The molecule has 1 unspecified atom stereocenters. The van der Waals surface area contributed by atoms with Gasteiger partial charge in [0.15, 0.2) is 17.3 Å². The fourth-order valence-electron chi connectivity index (χ4n) is 5.04. The Morgan fingerprint density at radius 3 is 2.32 bits per heavy atom. The SMILES string of the molecule is COc1ccc([C@@H]2C3=C(C[C@H](c4ccccc4)CC3=O)N=C(C)C2C(=O)OC(C)C)cc1OC. The van der Waals surface area contributed by atoms with Gasteiger partial charge >= 0.3 is 5.97 Å². The van der Waals surface area contributed by atoms with Gasteiger partial charge in [-0.1, -0.05) is 36.4 Å². The number of esters is 1. The molecule has 2 aliphatic rings. The van der Waals surface area contributed by atoms with Crippen LogP contribution in [-0.2, 0) is 14.3 Å². The predicted octanol–water partition coefficient (Wildman–Crippen LogP) is 5.23. The standard InChI is InChI=1S/C28H31NO5/c1-16(2)34-28(31)25-17(3)29-21-13-20(18-9-7-6-8-10-18)14-22(30)27(21)26(25)19-11-12-23(32-4)24(15-19)33-5/h6-12,15-16,20,25-26H,13-14H2,1-5H3/t20-,25?,26-/m0/s1. The molecule has 3 atom stereocenters. The van der Waals surface area contributed by atoms with Crippen molar-refractivity contribution in [2.24, 2.45) is 10.9 Å². The lowest BCUT2D eigenvalue weighted by Crippen LogP contribution is -2.38. The van der Waals surface area contributed by atoms with Crippen molar-refractivity contribution in [3.63, 3.8) is 0 Å². The zero-order valence-electron chi connectivity index (χ0n) is 20.3. The normalized spacial score (nSPS) is 22.2. The average molecular weight is 462 g/mol. The first-order chi connectivity index (χ1) is 16.3. The van der Waals surface area contributed by atoms with Gasteiger partial charge in [0, 0.05) is 29.3 Å². The molecule has 0 saturated heterocycles. The minimum Gasteiger partial charge on any atom is -0.493 e. The van der Waals surface area contributed by atoms with Crippen LogP contribution in [-0.4, -0.2) is 37.8 Å². The largest absolute Gasteiger partial charge is 0.493 e. The fourth-order valence-corrected chi connectivity index (χ4v) is 5.04. The van der Waals surface area contributed by atoms with Gasteiger partial charge in [0.2, 0.25) is 0 Å². The maximum atomic E-state index is 13.6. The highest BCUT2D eigenvalue weighted by atomic mass is 16.5. The van der Waals surface area contributed by atoms with E-state index in [1.165, 1.54) is 0 Å². The number of carbonyl (C=O) groups is 2. The van der Waals surface area contributed by atoms with Gasteiger partial charge in [0.25, 0.3) is 0 Å². The Morgan fingerprint density at radius 2 is 1.68 bits per heavy atom. The van der Waals surface area contributed by atoms with Gasteiger partial charge < -0.3 is 14.2 Å². The lowest BCUT2D eigenvalue weighted by molar-refractivity contribution is -0.150. The van der Waals surface area contributed by atoms with Crippen molar-refractivity contribution in [1.82, 2.24) is 0 Å². The molecule has 178 valence electrons. The highest BCUT2D eigenvalue weighted by molar-refractivity contribution is 6.09. The smallest absolute Gasteiger partial charge is 0.315 e. The maximum absolute atomic E-state index is 13.6. The first-order valence-electron chi connectivity index (χ1n) is 11.6. The third kappa shape index (κ3) is 4.49. The molecule has 0 radical (unpaired) electrons. The van der Waals surface area contributed by atoms with Crippen molar-refractivity contribution in [3.05, 3.63) is 70.9 Å². The van der Waals surface area contributed by atoms with Crippen LogP contribution in [0, 0.1) is 5.92 Å². The number of hydrogen-bond donors (Lipinski definition) is 0. The van der Waals surface area contributed by atoms with Crippen LogP contribution >= 0.6 is 0 Å². The molecular weight excluding hydrogens is 430 g/mol. The lowest BCUT2D eigenvalue weighted by atomic mass is 9.69. The van der Waals surface area contributed by atoms with Gasteiger partial charge in [-0.2, -0.15) is 0 Å². The summed E-state index contributed by atoms with van der Waals surface area (Å²) in [6.45, 7) is 5.49. The molecule has 0 aromatic heterocycles. The number of hydrogen-bond acceptors (Lipinski definition) is 6. The Bertz CT molecular complexity index is 1150. The number of Topliss-reactive ketones (excluding diaryl/α,β-unsaturated/α-hetero) is 1. The molecule has 4 rings (SSSR count). The zero-order chi connectivity index (χ0) is 24.4. The molecule has 2 aromatic rings. The average Bonchev–Trinajstić information content (AvgIpc) is 2.82. The van der Waals surface area contributed by atoms with E-state index in [9.17, 15) is 9.59 Å². The maximum Gasteiger partial charge on any atom is 0.315 e. The lowest BCUT2D eigenvalue weighted by Gasteiger charge is -2.37. The summed E-state index contributed by atoms with van der Waals surface area (Å²) in [7, 11) is 3.15. The fraction of sp³-hybridized carbons (Fsp3) is 0.393.